The van der Waals surface area contributed by atoms with Crippen molar-refractivity contribution in [1.29, 1.82) is 0 Å². The van der Waals surface area contributed by atoms with Crippen LogP contribution in [0.4, 0.5) is 17.6 Å². The van der Waals surface area contributed by atoms with Crippen molar-refractivity contribution in [2.45, 2.75) is 12.6 Å². The molecule has 0 N–H and O–H groups in total. The predicted octanol–water partition coefficient (Wildman–Crippen LogP) is 2.95. The Kier molecular flexibility index (Phi) is 5.50. The first-order valence-corrected chi connectivity index (χ1v) is 5.88. The number of hydrogen-bond donors (Lipinski definition) is 0. The van der Waals surface area contributed by atoms with Crippen molar-refractivity contribution in [3.05, 3.63) is 35.1 Å². The Morgan fingerprint density at radius 1 is 1.35 bits per heavy atom. The van der Waals surface area contributed by atoms with E-state index in [0.29, 0.717) is 31.2 Å². The lowest BCUT2D eigenvalue weighted by Crippen LogP contribution is -2.29. The van der Waals surface area contributed by atoms with E-state index in [0.717, 1.165) is 4.90 Å². The average Bonchev–Trinajstić information content (AvgIpc) is 2.37. The molecule has 0 saturated carbocycles. The molecule has 1 aromatic rings. The van der Waals surface area contributed by atoms with E-state index in [2.05, 4.69) is 0 Å². The lowest BCUT2D eigenvalue weighted by Gasteiger charge is -2.18. The van der Waals surface area contributed by atoms with Crippen molar-refractivity contribution in [1.82, 2.24) is 4.90 Å². The maximum Gasteiger partial charge on any atom is 0.416 e. The zero-order valence-corrected chi connectivity index (χ0v) is 11.1. The normalized spacial score (nSPS) is 11.5. The maximum atomic E-state index is 13.5. The topological polar surface area (TPSA) is 29.5 Å². The van der Waals surface area contributed by atoms with E-state index in [1.165, 1.54) is 14.2 Å². The van der Waals surface area contributed by atoms with Crippen LogP contribution in [0.1, 0.15) is 22.3 Å². The van der Waals surface area contributed by atoms with Crippen LogP contribution in [-0.2, 0) is 10.9 Å². The summed E-state index contributed by atoms with van der Waals surface area (Å²) in [5, 5.41) is 0. The first kappa shape index (κ1) is 16.4. The summed E-state index contributed by atoms with van der Waals surface area (Å²) in [7, 11) is 2.89. The molecule has 0 radical (unpaired) electrons. The molecular weight excluding hydrogens is 278 g/mol. The maximum absolute atomic E-state index is 13.5. The minimum atomic E-state index is -4.61. The molecule has 0 heterocycles. The number of nitrogens with zero attached hydrogens (tertiary/aromatic N) is 1. The van der Waals surface area contributed by atoms with Gasteiger partial charge in [0.25, 0.3) is 5.91 Å². The highest BCUT2D eigenvalue weighted by atomic mass is 19.4. The van der Waals surface area contributed by atoms with Crippen LogP contribution in [0.3, 0.4) is 0 Å². The van der Waals surface area contributed by atoms with Gasteiger partial charge in [-0.1, -0.05) is 0 Å². The fraction of sp³-hybridized carbons (Fsp3) is 0.462. The van der Waals surface area contributed by atoms with Crippen molar-refractivity contribution >= 4 is 5.91 Å². The van der Waals surface area contributed by atoms with E-state index < -0.39 is 29.0 Å². The number of carbonyl (C=O) groups excluding carboxylic acids is 1. The molecule has 0 spiro atoms. The van der Waals surface area contributed by atoms with Crippen molar-refractivity contribution in [2.24, 2.45) is 0 Å². The second kappa shape index (κ2) is 6.69. The van der Waals surface area contributed by atoms with Gasteiger partial charge in [0.2, 0.25) is 0 Å². The summed E-state index contributed by atoms with van der Waals surface area (Å²) >= 11 is 0. The summed E-state index contributed by atoms with van der Waals surface area (Å²) < 4.78 is 56.0. The van der Waals surface area contributed by atoms with Crippen molar-refractivity contribution < 1.29 is 27.1 Å². The van der Waals surface area contributed by atoms with Gasteiger partial charge in [-0.3, -0.25) is 4.79 Å². The average molecular weight is 293 g/mol. The van der Waals surface area contributed by atoms with Crippen LogP contribution in [0.15, 0.2) is 18.2 Å². The fourth-order valence-corrected chi connectivity index (χ4v) is 1.62. The smallest absolute Gasteiger partial charge is 0.385 e. The Morgan fingerprint density at radius 2 is 2.00 bits per heavy atom. The molecule has 0 atom stereocenters. The number of ether oxygens (including phenoxy) is 1. The minimum Gasteiger partial charge on any atom is -0.385 e. The third-order valence-electron chi connectivity index (χ3n) is 2.71. The lowest BCUT2D eigenvalue weighted by atomic mass is 10.1. The quantitative estimate of drug-likeness (QED) is 0.617. The molecule has 0 fully saturated rings. The van der Waals surface area contributed by atoms with Gasteiger partial charge in [0.1, 0.15) is 5.82 Å². The third-order valence-corrected chi connectivity index (χ3v) is 2.71. The van der Waals surface area contributed by atoms with Crippen molar-refractivity contribution in [2.75, 3.05) is 27.3 Å². The van der Waals surface area contributed by atoms with Crippen LogP contribution in [0.25, 0.3) is 0 Å². The third kappa shape index (κ3) is 4.19. The molecule has 1 rings (SSSR count). The highest BCUT2D eigenvalue weighted by Crippen LogP contribution is 2.30. The summed E-state index contributed by atoms with van der Waals surface area (Å²) in [6, 6.07) is 1.79. The van der Waals surface area contributed by atoms with Gasteiger partial charge in [0.05, 0.1) is 11.1 Å². The Hall–Kier alpha value is -1.63. The standard InChI is InChI=1S/C13H15F4NO2/c1-18(6-3-7-20-2)12(19)10-8-9(13(15,16)17)4-5-11(10)14/h4-5,8H,3,6-7H2,1-2H3. The molecule has 0 saturated heterocycles. The molecule has 3 nitrogen and oxygen atoms in total. The monoisotopic (exact) mass is 293 g/mol. The number of carbonyl (C=O) groups is 1. The van der Waals surface area contributed by atoms with E-state index >= 15 is 0 Å². The number of methoxy groups -OCH3 is 1. The Morgan fingerprint density at radius 3 is 2.55 bits per heavy atom. The van der Waals surface area contributed by atoms with E-state index in [1.54, 1.807) is 0 Å². The van der Waals surface area contributed by atoms with Crippen molar-refractivity contribution in [3.63, 3.8) is 0 Å². The zero-order chi connectivity index (χ0) is 15.3. The zero-order valence-electron chi connectivity index (χ0n) is 11.1. The number of alkyl halides is 3. The SMILES string of the molecule is COCCCN(C)C(=O)c1cc(C(F)(F)F)ccc1F. The Labute approximate surface area is 114 Å². The van der Waals surface area contributed by atoms with Crippen LogP contribution < -0.4 is 0 Å². The van der Waals surface area contributed by atoms with Gasteiger partial charge in [-0.2, -0.15) is 13.2 Å². The lowest BCUT2D eigenvalue weighted by molar-refractivity contribution is -0.137. The first-order chi connectivity index (χ1) is 9.27. The Bertz CT molecular complexity index is 474. The molecule has 0 aliphatic carbocycles. The summed E-state index contributed by atoms with van der Waals surface area (Å²) in [6.45, 7) is 0.672. The molecule has 0 aliphatic heterocycles. The molecule has 7 heteroatoms. The summed E-state index contributed by atoms with van der Waals surface area (Å²) in [6.07, 6.45) is -4.10. The second-order valence-corrected chi connectivity index (χ2v) is 4.27. The van der Waals surface area contributed by atoms with Crippen LogP contribution in [0.5, 0.6) is 0 Å². The number of halogens is 4. The van der Waals surface area contributed by atoms with Crippen LogP contribution in [0, 0.1) is 5.82 Å². The number of amides is 1. The molecular formula is C13H15F4NO2. The molecule has 0 unspecified atom stereocenters. The van der Waals surface area contributed by atoms with Gasteiger partial charge in [0.15, 0.2) is 0 Å². The molecule has 1 aromatic carbocycles. The van der Waals surface area contributed by atoms with E-state index in [4.69, 9.17) is 4.74 Å². The van der Waals surface area contributed by atoms with Gasteiger partial charge in [-0.15, -0.1) is 0 Å². The highest BCUT2D eigenvalue weighted by molar-refractivity contribution is 5.94. The predicted molar refractivity (Wildman–Crippen MR) is 64.9 cm³/mol. The molecule has 0 aromatic heterocycles. The van der Waals surface area contributed by atoms with Crippen LogP contribution >= 0.6 is 0 Å². The summed E-state index contributed by atoms with van der Waals surface area (Å²) in [4.78, 5) is 13.1. The number of hydrogen-bond acceptors (Lipinski definition) is 2. The van der Waals surface area contributed by atoms with E-state index in [9.17, 15) is 22.4 Å². The number of rotatable bonds is 5. The highest BCUT2D eigenvalue weighted by Gasteiger charge is 2.32. The van der Waals surface area contributed by atoms with E-state index in [1.807, 2.05) is 0 Å². The van der Waals surface area contributed by atoms with Gasteiger partial charge < -0.3 is 9.64 Å². The summed E-state index contributed by atoms with van der Waals surface area (Å²) in [5.74, 6) is -1.76. The second-order valence-electron chi connectivity index (χ2n) is 4.27. The summed E-state index contributed by atoms with van der Waals surface area (Å²) in [5.41, 5.74) is -1.63. The fourth-order valence-electron chi connectivity index (χ4n) is 1.62. The van der Waals surface area contributed by atoms with Gasteiger partial charge in [-0.25, -0.2) is 4.39 Å². The largest absolute Gasteiger partial charge is 0.416 e. The molecule has 0 aliphatic rings. The molecule has 1 amide bonds. The van der Waals surface area contributed by atoms with Gasteiger partial charge >= 0.3 is 6.18 Å². The molecule has 0 bridgehead atoms. The van der Waals surface area contributed by atoms with Gasteiger partial charge in [-0.05, 0) is 24.6 Å². The Balaban J connectivity index is 2.92. The molecule has 112 valence electrons. The van der Waals surface area contributed by atoms with E-state index in [-0.39, 0.29) is 6.54 Å². The van der Waals surface area contributed by atoms with Gasteiger partial charge in [0, 0.05) is 27.3 Å². The van der Waals surface area contributed by atoms with Crippen LogP contribution in [-0.4, -0.2) is 38.1 Å². The van der Waals surface area contributed by atoms with Crippen LogP contribution in [0.2, 0.25) is 0 Å². The minimum absolute atomic E-state index is 0.266. The number of benzene rings is 1. The van der Waals surface area contributed by atoms with Crippen molar-refractivity contribution in [3.8, 4) is 0 Å². The molecule has 20 heavy (non-hydrogen) atoms. The first-order valence-electron chi connectivity index (χ1n) is 5.88.